The van der Waals surface area contributed by atoms with Crippen LogP contribution in [-0.2, 0) is 22.7 Å². The molecule has 0 unspecified atom stereocenters. The third-order valence-corrected chi connectivity index (χ3v) is 6.96. The highest BCUT2D eigenvalue weighted by atomic mass is 35.5. The summed E-state index contributed by atoms with van der Waals surface area (Å²) in [6.45, 7) is 5.34. The van der Waals surface area contributed by atoms with Gasteiger partial charge in [0.25, 0.3) is 0 Å². The van der Waals surface area contributed by atoms with E-state index in [2.05, 4.69) is 35.7 Å². The highest BCUT2D eigenvalue weighted by Gasteiger charge is 2.18. The van der Waals surface area contributed by atoms with Gasteiger partial charge in [0.1, 0.15) is 18.1 Å². The Morgan fingerprint density at radius 3 is 2.57 bits per heavy atom. The number of fused-ring (bicyclic) bond motifs is 1. The van der Waals surface area contributed by atoms with Crippen LogP contribution in [0.1, 0.15) is 25.8 Å². The van der Waals surface area contributed by atoms with Crippen molar-refractivity contribution in [3.05, 3.63) is 41.1 Å². The maximum absolute atomic E-state index is 14.9. The minimum Gasteiger partial charge on any atom is -0.385 e. The minimum atomic E-state index is -1.23. The van der Waals surface area contributed by atoms with E-state index in [0.29, 0.717) is 31.6 Å². The van der Waals surface area contributed by atoms with Gasteiger partial charge in [-0.15, -0.1) is 0 Å². The van der Waals surface area contributed by atoms with Crippen molar-refractivity contribution in [2.45, 2.75) is 39.1 Å². The fourth-order valence-electron chi connectivity index (χ4n) is 3.52. The van der Waals surface area contributed by atoms with Crippen LogP contribution in [0.5, 0.6) is 0 Å². The van der Waals surface area contributed by atoms with E-state index >= 15 is 0 Å². The standard InChI is InChI=1S/C26H35ClFN3O3S/c1-26(2,32)9-8-19-14-20-21(16-30(10-7-11-33-3)24(20)15-23(19)28)22-17-31(29-25(22)27)18-34-12-13-35(4,5)6/h14-17,32H,7,10-13,18H2,1-6H3. The molecule has 192 valence electrons. The van der Waals surface area contributed by atoms with Gasteiger partial charge in [-0.05, 0) is 51.2 Å². The molecule has 2 heterocycles. The number of hydrogen-bond donors (Lipinski definition) is 1. The molecule has 0 spiro atoms. The van der Waals surface area contributed by atoms with Crippen LogP contribution < -0.4 is 0 Å². The largest absolute Gasteiger partial charge is 0.385 e. The first-order chi connectivity index (χ1) is 16.4. The maximum atomic E-state index is 14.9. The molecule has 0 aliphatic carbocycles. The molecule has 35 heavy (non-hydrogen) atoms. The lowest BCUT2D eigenvalue weighted by Gasteiger charge is -2.24. The second kappa shape index (κ2) is 11.4. The highest BCUT2D eigenvalue weighted by molar-refractivity contribution is 8.32. The van der Waals surface area contributed by atoms with Crippen molar-refractivity contribution >= 4 is 32.5 Å². The van der Waals surface area contributed by atoms with Crippen molar-refractivity contribution in [2.75, 3.05) is 44.8 Å². The van der Waals surface area contributed by atoms with Crippen molar-refractivity contribution in [2.24, 2.45) is 0 Å². The molecule has 0 saturated heterocycles. The number of methoxy groups -OCH3 is 1. The Labute approximate surface area is 213 Å². The van der Waals surface area contributed by atoms with Crippen LogP contribution in [0.3, 0.4) is 0 Å². The lowest BCUT2D eigenvalue weighted by Crippen LogP contribution is -2.14. The van der Waals surface area contributed by atoms with E-state index in [0.717, 1.165) is 34.2 Å². The zero-order valence-electron chi connectivity index (χ0n) is 21.3. The van der Waals surface area contributed by atoms with Crippen molar-refractivity contribution in [1.82, 2.24) is 14.3 Å². The fraction of sp³-hybridized carbons (Fsp3) is 0.500. The van der Waals surface area contributed by atoms with Gasteiger partial charge in [0.15, 0.2) is 5.15 Å². The molecule has 0 bridgehead atoms. The summed E-state index contributed by atoms with van der Waals surface area (Å²) < 4.78 is 29.6. The third kappa shape index (κ3) is 7.73. The molecule has 0 radical (unpaired) electrons. The van der Waals surface area contributed by atoms with Gasteiger partial charge in [-0.2, -0.15) is 5.10 Å². The summed E-state index contributed by atoms with van der Waals surface area (Å²) in [5.41, 5.74) is 1.29. The first-order valence-electron chi connectivity index (χ1n) is 11.4. The number of aromatic nitrogens is 3. The Kier molecular flexibility index (Phi) is 8.95. The molecule has 0 amide bonds. The van der Waals surface area contributed by atoms with Crippen LogP contribution in [0.15, 0.2) is 24.5 Å². The van der Waals surface area contributed by atoms with Gasteiger partial charge in [0, 0.05) is 54.9 Å². The number of aliphatic hydroxyl groups is 1. The number of nitrogens with zero attached hydrogens (tertiary/aromatic N) is 3. The summed E-state index contributed by atoms with van der Waals surface area (Å²) >= 11 is 6.55. The summed E-state index contributed by atoms with van der Waals surface area (Å²) in [7, 11) is 1.03. The Hall–Kier alpha value is -2.02. The molecule has 0 aliphatic rings. The van der Waals surface area contributed by atoms with Crippen molar-refractivity contribution in [1.29, 1.82) is 0 Å². The molecule has 2 aromatic heterocycles. The van der Waals surface area contributed by atoms with Gasteiger partial charge in [-0.3, -0.25) is 0 Å². The molecular weight excluding hydrogens is 489 g/mol. The molecule has 0 atom stereocenters. The number of benzene rings is 1. The van der Waals surface area contributed by atoms with E-state index < -0.39 is 21.4 Å². The topological polar surface area (TPSA) is 61.4 Å². The molecule has 3 rings (SSSR count). The van der Waals surface area contributed by atoms with Crippen LogP contribution >= 0.6 is 21.6 Å². The minimum absolute atomic E-state index is 0.215. The van der Waals surface area contributed by atoms with E-state index in [1.807, 2.05) is 17.0 Å². The zero-order valence-corrected chi connectivity index (χ0v) is 22.9. The SMILES string of the molecule is COCCCn1cc(-c2cn(COCCS(C)(C)C)nc2Cl)c2cc(C#CC(C)(C)O)c(F)cc21. The second-order valence-electron chi connectivity index (χ2n) is 9.95. The van der Waals surface area contributed by atoms with Gasteiger partial charge in [-0.1, -0.05) is 23.4 Å². The van der Waals surface area contributed by atoms with Crippen molar-refractivity contribution in [3.63, 3.8) is 0 Å². The zero-order chi connectivity index (χ0) is 25.8. The van der Waals surface area contributed by atoms with Gasteiger partial charge in [-0.25, -0.2) is 19.1 Å². The monoisotopic (exact) mass is 523 g/mol. The molecule has 1 aromatic carbocycles. The number of rotatable bonds is 10. The summed E-state index contributed by atoms with van der Waals surface area (Å²) in [5.74, 6) is 6.04. The van der Waals surface area contributed by atoms with Crippen LogP contribution in [0.2, 0.25) is 5.15 Å². The van der Waals surface area contributed by atoms with Crippen LogP contribution in [-0.4, -0.2) is 69.9 Å². The van der Waals surface area contributed by atoms with E-state index in [-0.39, 0.29) is 5.56 Å². The van der Waals surface area contributed by atoms with E-state index in [1.54, 1.807) is 31.7 Å². The molecule has 3 aromatic rings. The normalized spacial score (nSPS) is 12.7. The highest BCUT2D eigenvalue weighted by Crippen LogP contribution is 2.36. The predicted octanol–water partition coefficient (Wildman–Crippen LogP) is 5.12. The van der Waals surface area contributed by atoms with Gasteiger partial charge in [0.05, 0.1) is 17.7 Å². The molecule has 0 fully saturated rings. The third-order valence-electron chi connectivity index (χ3n) is 5.29. The Bertz CT molecular complexity index is 1230. The first-order valence-corrected chi connectivity index (χ1v) is 14.8. The summed E-state index contributed by atoms with van der Waals surface area (Å²) in [6, 6.07) is 3.19. The maximum Gasteiger partial charge on any atom is 0.159 e. The fourth-order valence-corrected chi connectivity index (χ4v) is 4.38. The quantitative estimate of drug-likeness (QED) is 0.296. The van der Waals surface area contributed by atoms with Crippen molar-refractivity contribution < 1.29 is 19.0 Å². The van der Waals surface area contributed by atoms with Gasteiger partial charge < -0.3 is 19.1 Å². The van der Waals surface area contributed by atoms with Crippen LogP contribution in [0, 0.1) is 17.7 Å². The average Bonchev–Trinajstić information content (AvgIpc) is 3.28. The molecule has 9 heteroatoms. The average molecular weight is 524 g/mol. The second-order valence-corrected chi connectivity index (χ2v) is 14.9. The number of hydrogen-bond acceptors (Lipinski definition) is 4. The summed E-state index contributed by atoms with van der Waals surface area (Å²) in [5, 5.41) is 15.5. The molecule has 0 saturated carbocycles. The number of ether oxygens (including phenoxy) is 2. The smallest absolute Gasteiger partial charge is 0.159 e. The Morgan fingerprint density at radius 2 is 1.91 bits per heavy atom. The Morgan fingerprint density at radius 1 is 1.17 bits per heavy atom. The van der Waals surface area contributed by atoms with Crippen LogP contribution in [0.4, 0.5) is 4.39 Å². The Balaban J connectivity index is 1.99. The molecular formula is C26H35ClFN3O3S. The number of halogens is 2. The molecule has 0 aliphatic heterocycles. The van der Waals surface area contributed by atoms with Crippen LogP contribution in [0.25, 0.3) is 22.0 Å². The van der Waals surface area contributed by atoms with E-state index in [4.69, 9.17) is 21.1 Å². The predicted molar refractivity (Wildman–Crippen MR) is 144 cm³/mol. The lowest BCUT2D eigenvalue weighted by molar-refractivity contribution is 0.0810. The molecule has 1 N–H and O–H groups in total. The summed E-state index contributed by atoms with van der Waals surface area (Å²) in [4.78, 5) is 0. The lowest BCUT2D eigenvalue weighted by atomic mass is 10.0. The van der Waals surface area contributed by atoms with Gasteiger partial charge in [0.2, 0.25) is 0 Å². The number of aryl methyl sites for hydroxylation is 1. The van der Waals surface area contributed by atoms with Gasteiger partial charge >= 0.3 is 0 Å². The van der Waals surface area contributed by atoms with E-state index in [1.165, 1.54) is 6.07 Å². The first kappa shape index (κ1) is 27.6. The van der Waals surface area contributed by atoms with Crippen molar-refractivity contribution in [3.8, 4) is 23.0 Å². The molecule has 6 nitrogen and oxygen atoms in total. The summed E-state index contributed by atoms with van der Waals surface area (Å²) in [6.07, 6.45) is 11.4. The van der Waals surface area contributed by atoms with E-state index in [9.17, 15) is 9.50 Å².